The first kappa shape index (κ1) is 14.0. The number of hydrogen-bond acceptors (Lipinski definition) is 4. The average molecular weight is 319 g/mol. The maximum atomic E-state index is 5.96. The summed E-state index contributed by atoms with van der Waals surface area (Å²) in [6.07, 6.45) is 1.90. The first-order valence-electron chi connectivity index (χ1n) is 5.45. The molecule has 0 spiro atoms. The monoisotopic (exact) mass is 318 g/mol. The largest absolute Gasteiger partial charge is 0.362 e. The van der Waals surface area contributed by atoms with Gasteiger partial charge in [0.15, 0.2) is 5.13 Å². The van der Waals surface area contributed by atoms with Crippen LogP contribution in [0.5, 0.6) is 0 Å². The second kappa shape index (κ2) is 6.66. The van der Waals surface area contributed by atoms with E-state index in [2.05, 4.69) is 17.2 Å². The number of nitrogens with zero attached hydrogens (tertiary/aromatic N) is 1. The van der Waals surface area contributed by atoms with Crippen LogP contribution < -0.4 is 5.32 Å². The molecule has 0 aliphatic rings. The van der Waals surface area contributed by atoms with Crippen molar-refractivity contribution in [3.05, 3.63) is 39.3 Å². The number of thioether (sulfide) groups is 1. The Kier molecular flexibility index (Phi) is 5.18. The zero-order valence-corrected chi connectivity index (χ0v) is 12.9. The van der Waals surface area contributed by atoms with Crippen LogP contribution in [-0.2, 0) is 5.75 Å². The molecule has 1 aromatic carbocycles. The molecule has 0 saturated heterocycles. The van der Waals surface area contributed by atoms with Crippen molar-refractivity contribution >= 4 is 51.4 Å². The molecule has 2 aromatic rings. The van der Waals surface area contributed by atoms with Crippen molar-refractivity contribution < 1.29 is 0 Å². The van der Waals surface area contributed by atoms with Gasteiger partial charge in [-0.2, -0.15) is 0 Å². The van der Waals surface area contributed by atoms with Gasteiger partial charge in [-0.05, 0) is 25.1 Å². The summed E-state index contributed by atoms with van der Waals surface area (Å²) in [5.41, 5.74) is 0. The molecule has 0 atom stereocenters. The van der Waals surface area contributed by atoms with E-state index in [1.807, 2.05) is 18.3 Å². The van der Waals surface area contributed by atoms with Crippen LogP contribution in [0.4, 0.5) is 5.13 Å². The Morgan fingerprint density at radius 2 is 2.00 bits per heavy atom. The van der Waals surface area contributed by atoms with Gasteiger partial charge < -0.3 is 5.32 Å². The first-order chi connectivity index (χ1) is 8.67. The topological polar surface area (TPSA) is 24.9 Å². The van der Waals surface area contributed by atoms with E-state index in [1.54, 1.807) is 29.2 Å². The molecule has 0 bridgehead atoms. The lowest BCUT2D eigenvalue weighted by molar-refractivity contribution is 1.19. The summed E-state index contributed by atoms with van der Waals surface area (Å²) in [5, 5.41) is 5.51. The summed E-state index contributed by atoms with van der Waals surface area (Å²) in [5.74, 6) is 0.875. The summed E-state index contributed by atoms with van der Waals surface area (Å²) in [6.45, 7) is 2.95. The van der Waals surface area contributed by atoms with Crippen LogP contribution in [0.25, 0.3) is 0 Å². The normalized spacial score (nSPS) is 10.6. The lowest BCUT2D eigenvalue weighted by Gasteiger charge is -2.01. The van der Waals surface area contributed by atoms with E-state index in [-0.39, 0.29) is 0 Å². The van der Waals surface area contributed by atoms with Crippen molar-refractivity contribution in [2.45, 2.75) is 17.6 Å². The van der Waals surface area contributed by atoms with Crippen LogP contribution in [0, 0.1) is 0 Å². The van der Waals surface area contributed by atoms with E-state index in [9.17, 15) is 0 Å². The third-order valence-electron chi connectivity index (χ3n) is 2.10. The molecule has 0 saturated carbocycles. The van der Waals surface area contributed by atoms with E-state index in [1.165, 1.54) is 4.88 Å². The lowest BCUT2D eigenvalue weighted by Crippen LogP contribution is -1.94. The van der Waals surface area contributed by atoms with Gasteiger partial charge in [0.2, 0.25) is 0 Å². The second-order valence-electron chi connectivity index (χ2n) is 3.56. The molecule has 1 N–H and O–H groups in total. The average Bonchev–Trinajstić information content (AvgIpc) is 2.74. The van der Waals surface area contributed by atoms with Gasteiger partial charge in [0.25, 0.3) is 0 Å². The molecule has 0 aliphatic carbocycles. The molecule has 0 aliphatic heterocycles. The van der Waals surface area contributed by atoms with E-state index in [4.69, 9.17) is 23.2 Å². The Morgan fingerprint density at radius 1 is 1.28 bits per heavy atom. The third-order valence-corrected chi connectivity index (χ3v) is 4.70. The number of halogens is 2. The van der Waals surface area contributed by atoms with E-state index < -0.39 is 0 Å². The predicted octanol–water partition coefficient (Wildman–Crippen LogP) is 5.17. The summed E-state index contributed by atoms with van der Waals surface area (Å²) in [4.78, 5) is 6.60. The van der Waals surface area contributed by atoms with E-state index in [0.717, 1.165) is 22.3 Å². The lowest BCUT2D eigenvalue weighted by atomic mass is 10.4. The standard InChI is InChI=1S/C12H12Cl2N2S2/c1-2-15-12-16-6-11(18-12)7-17-10-4-8(13)3-9(14)5-10/h3-6H,2,7H2,1H3,(H,15,16). The molecule has 1 aromatic heterocycles. The highest BCUT2D eigenvalue weighted by Crippen LogP contribution is 2.31. The Labute approximate surface area is 125 Å². The smallest absolute Gasteiger partial charge is 0.182 e. The summed E-state index contributed by atoms with van der Waals surface area (Å²) in [7, 11) is 0. The predicted molar refractivity (Wildman–Crippen MR) is 82.3 cm³/mol. The van der Waals surface area contributed by atoms with Crippen LogP contribution in [0.2, 0.25) is 10.0 Å². The van der Waals surface area contributed by atoms with Gasteiger partial charge in [-0.25, -0.2) is 4.98 Å². The van der Waals surface area contributed by atoms with Gasteiger partial charge in [-0.15, -0.1) is 23.1 Å². The molecular formula is C12H12Cl2N2S2. The van der Waals surface area contributed by atoms with Gasteiger partial charge in [-0.3, -0.25) is 0 Å². The van der Waals surface area contributed by atoms with Gasteiger partial charge >= 0.3 is 0 Å². The number of benzene rings is 1. The van der Waals surface area contributed by atoms with Crippen molar-refractivity contribution in [1.29, 1.82) is 0 Å². The first-order valence-corrected chi connectivity index (χ1v) is 8.00. The maximum Gasteiger partial charge on any atom is 0.182 e. The van der Waals surface area contributed by atoms with Crippen molar-refractivity contribution in [2.75, 3.05) is 11.9 Å². The number of nitrogens with one attached hydrogen (secondary N) is 1. The van der Waals surface area contributed by atoms with Gasteiger partial charge in [-0.1, -0.05) is 23.2 Å². The minimum absolute atomic E-state index is 0.669. The van der Waals surface area contributed by atoms with Crippen molar-refractivity contribution in [3.63, 3.8) is 0 Å². The quantitative estimate of drug-likeness (QED) is 0.769. The number of anilines is 1. The molecule has 96 valence electrons. The molecule has 2 rings (SSSR count). The molecule has 1 heterocycles. The van der Waals surface area contributed by atoms with Gasteiger partial charge in [0.05, 0.1) is 0 Å². The zero-order chi connectivity index (χ0) is 13.0. The fourth-order valence-electron chi connectivity index (χ4n) is 1.37. The molecule has 6 heteroatoms. The Bertz CT molecular complexity index is 508. The molecule has 0 unspecified atom stereocenters. The number of aromatic nitrogens is 1. The number of rotatable bonds is 5. The fraction of sp³-hybridized carbons (Fsp3) is 0.250. The van der Waals surface area contributed by atoms with Crippen LogP contribution in [-0.4, -0.2) is 11.5 Å². The highest BCUT2D eigenvalue weighted by molar-refractivity contribution is 7.98. The van der Waals surface area contributed by atoms with E-state index >= 15 is 0 Å². The zero-order valence-electron chi connectivity index (χ0n) is 9.74. The molecule has 0 radical (unpaired) electrons. The van der Waals surface area contributed by atoms with Crippen molar-refractivity contribution in [1.82, 2.24) is 4.98 Å². The van der Waals surface area contributed by atoms with Crippen molar-refractivity contribution in [3.8, 4) is 0 Å². The van der Waals surface area contributed by atoms with Crippen LogP contribution in [0.1, 0.15) is 11.8 Å². The fourth-order valence-corrected chi connectivity index (χ4v) is 3.92. The minimum Gasteiger partial charge on any atom is -0.362 e. The Balaban J connectivity index is 1.97. The molecule has 2 nitrogen and oxygen atoms in total. The van der Waals surface area contributed by atoms with E-state index in [0.29, 0.717) is 10.0 Å². The van der Waals surface area contributed by atoms with Crippen LogP contribution in [0.15, 0.2) is 29.3 Å². The highest BCUT2D eigenvalue weighted by atomic mass is 35.5. The molecule has 0 amide bonds. The Morgan fingerprint density at radius 3 is 2.67 bits per heavy atom. The second-order valence-corrected chi connectivity index (χ2v) is 6.59. The molecule has 0 fully saturated rings. The highest BCUT2D eigenvalue weighted by Gasteiger charge is 2.03. The Hall–Kier alpha value is -0.420. The summed E-state index contributed by atoms with van der Waals surface area (Å²) < 4.78 is 0. The minimum atomic E-state index is 0.669. The number of thiazole rings is 1. The molecular weight excluding hydrogens is 307 g/mol. The summed E-state index contributed by atoms with van der Waals surface area (Å²) in [6, 6.07) is 5.58. The van der Waals surface area contributed by atoms with Gasteiger partial charge in [0, 0.05) is 38.3 Å². The summed E-state index contributed by atoms with van der Waals surface area (Å²) >= 11 is 15.3. The number of hydrogen-bond donors (Lipinski definition) is 1. The SMILES string of the molecule is CCNc1ncc(CSc2cc(Cl)cc(Cl)c2)s1. The molecule has 18 heavy (non-hydrogen) atoms. The van der Waals surface area contributed by atoms with Crippen LogP contribution in [0.3, 0.4) is 0 Å². The van der Waals surface area contributed by atoms with Crippen LogP contribution >= 0.6 is 46.3 Å². The maximum absolute atomic E-state index is 5.96. The third kappa shape index (κ3) is 4.05. The van der Waals surface area contributed by atoms with Gasteiger partial charge in [0.1, 0.15) is 0 Å². The van der Waals surface area contributed by atoms with Crippen molar-refractivity contribution in [2.24, 2.45) is 0 Å².